The number of hydrogen-bond acceptors (Lipinski definition) is 5. The van der Waals surface area contributed by atoms with Crippen LogP contribution in [0.15, 0.2) is 41.3 Å². The highest BCUT2D eigenvalue weighted by molar-refractivity contribution is 7.89. The zero-order chi connectivity index (χ0) is 18.0. The molecule has 1 heterocycles. The average Bonchev–Trinajstić information content (AvgIpc) is 2.61. The van der Waals surface area contributed by atoms with Crippen molar-refractivity contribution >= 4 is 10.0 Å². The Bertz CT molecular complexity index is 879. The van der Waals surface area contributed by atoms with Crippen LogP contribution in [0.2, 0.25) is 0 Å². The van der Waals surface area contributed by atoms with E-state index >= 15 is 0 Å². The molecule has 0 fully saturated rings. The minimum Gasteiger partial charge on any atom is -0.493 e. The molecule has 2 aromatic carbocycles. The molecule has 25 heavy (non-hydrogen) atoms. The molecule has 0 spiro atoms. The zero-order valence-electron chi connectivity index (χ0n) is 14.4. The normalized spacial score (nSPS) is 16.7. The van der Waals surface area contributed by atoms with E-state index in [0.717, 1.165) is 16.9 Å². The maximum Gasteiger partial charge on any atom is 0.241 e. The summed E-state index contributed by atoms with van der Waals surface area (Å²) in [4.78, 5) is 0.130. The molecule has 0 bridgehead atoms. The average molecular weight is 363 g/mol. The molecule has 1 atom stereocenters. The van der Waals surface area contributed by atoms with E-state index in [-0.39, 0.29) is 10.9 Å². The number of sulfonamides is 1. The Morgan fingerprint density at radius 3 is 2.56 bits per heavy atom. The second-order valence-electron chi connectivity index (χ2n) is 5.87. The molecule has 1 aliphatic heterocycles. The van der Waals surface area contributed by atoms with Crippen LogP contribution in [0.1, 0.15) is 23.6 Å². The lowest BCUT2D eigenvalue weighted by Crippen LogP contribution is -2.32. The number of fused-ring (bicyclic) bond motifs is 1. The van der Waals surface area contributed by atoms with E-state index in [0.29, 0.717) is 24.5 Å². The van der Waals surface area contributed by atoms with Gasteiger partial charge in [0.05, 0.1) is 31.8 Å². The summed E-state index contributed by atoms with van der Waals surface area (Å²) in [7, 11) is -0.737. The zero-order valence-corrected chi connectivity index (χ0v) is 15.2. The van der Waals surface area contributed by atoms with Gasteiger partial charge >= 0.3 is 0 Å². The van der Waals surface area contributed by atoms with Crippen molar-refractivity contribution in [3.63, 3.8) is 0 Å². The number of methoxy groups -OCH3 is 2. The van der Waals surface area contributed by atoms with Gasteiger partial charge in [0, 0.05) is 18.1 Å². The van der Waals surface area contributed by atoms with Gasteiger partial charge in [0.2, 0.25) is 10.0 Å². The van der Waals surface area contributed by atoms with Crippen molar-refractivity contribution in [2.45, 2.75) is 24.3 Å². The Kier molecular flexibility index (Phi) is 4.87. The third-order valence-corrected chi connectivity index (χ3v) is 5.64. The lowest BCUT2D eigenvalue weighted by Gasteiger charge is -2.27. The van der Waals surface area contributed by atoms with Gasteiger partial charge in [-0.05, 0) is 25.1 Å². The predicted molar refractivity (Wildman–Crippen MR) is 93.9 cm³/mol. The van der Waals surface area contributed by atoms with Crippen LogP contribution in [-0.4, -0.2) is 29.2 Å². The summed E-state index contributed by atoms with van der Waals surface area (Å²) in [6.07, 6.45) is 0.572. The SMILES string of the molecule is COc1ccc(S(=O)(=O)NC2CCOc3ccc(C)cc32)cc1OC. The van der Waals surface area contributed by atoms with E-state index in [1.165, 1.54) is 26.4 Å². The molecule has 0 aliphatic carbocycles. The van der Waals surface area contributed by atoms with Gasteiger partial charge in [-0.15, -0.1) is 0 Å². The fourth-order valence-electron chi connectivity index (χ4n) is 2.88. The maximum atomic E-state index is 12.8. The van der Waals surface area contributed by atoms with Crippen LogP contribution in [0.4, 0.5) is 0 Å². The van der Waals surface area contributed by atoms with Crippen molar-refractivity contribution in [3.8, 4) is 17.2 Å². The van der Waals surface area contributed by atoms with E-state index in [1.54, 1.807) is 6.07 Å². The lowest BCUT2D eigenvalue weighted by atomic mass is 10.00. The standard InChI is InChI=1S/C18H21NO5S/c1-12-4-6-16-14(10-12)15(8-9-24-16)19-25(20,21)13-5-7-17(22-2)18(11-13)23-3/h4-7,10-11,15,19H,8-9H2,1-3H3. The first-order chi connectivity index (χ1) is 11.9. The first kappa shape index (κ1) is 17.6. The Labute approximate surface area is 147 Å². The van der Waals surface area contributed by atoms with Gasteiger partial charge in [0.15, 0.2) is 11.5 Å². The minimum absolute atomic E-state index is 0.130. The van der Waals surface area contributed by atoms with Crippen LogP contribution in [0.5, 0.6) is 17.2 Å². The van der Waals surface area contributed by atoms with Crippen molar-refractivity contribution in [2.75, 3.05) is 20.8 Å². The first-order valence-electron chi connectivity index (χ1n) is 7.92. The molecule has 1 unspecified atom stereocenters. The summed E-state index contributed by atoms with van der Waals surface area (Å²) in [5.74, 6) is 1.57. The quantitative estimate of drug-likeness (QED) is 0.884. The minimum atomic E-state index is -3.71. The molecule has 6 nitrogen and oxygen atoms in total. The van der Waals surface area contributed by atoms with Gasteiger partial charge in [-0.25, -0.2) is 13.1 Å². The molecule has 0 saturated carbocycles. The highest BCUT2D eigenvalue weighted by Gasteiger charge is 2.27. The van der Waals surface area contributed by atoms with Gasteiger partial charge in [0.1, 0.15) is 5.75 Å². The largest absolute Gasteiger partial charge is 0.493 e. The van der Waals surface area contributed by atoms with Crippen molar-refractivity contribution in [3.05, 3.63) is 47.5 Å². The van der Waals surface area contributed by atoms with E-state index in [1.807, 2.05) is 25.1 Å². The molecule has 0 amide bonds. The number of benzene rings is 2. The van der Waals surface area contributed by atoms with Crippen LogP contribution in [0.3, 0.4) is 0 Å². The van der Waals surface area contributed by atoms with E-state index in [9.17, 15) is 8.42 Å². The lowest BCUT2D eigenvalue weighted by molar-refractivity contribution is 0.263. The van der Waals surface area contributed by atoms with E-state index in [4.69, 9.17) is 14.2 Å². The molecule has 1 N–H and O–H groups in total. The molecular weight excluding hydrogens is 342 g/mol. The summed E-state index contributed by atoms with van der Waals surface area (Å²) in [6.45, 7) is 2.43. The molecule has 1 aliphatic rings. The number of nitrogens with one attached hydrogen (secondary N) is 1. The second kappa shape index (κ2) is 6.93. The number of rotatable bonds is 5. The Hall–Kier alpha value is -2.25. The van der Waals surface area contributed by atoms with Crippen molar-refractivity contribution in [2.24, 2.45) is 0 Å². The molecule has 0 radical (unpaired) electrons. The van der Waals surface area contributed by atoms with Gasteiger partial charge in [0.25, 0.3) is 0 Å². The fraction of sp³-hybridized carbons (Fsp3) is 0.333. The van der Waals surface area contributed by atoms with Crippen LogP contribution >= 0.6 is 0 Å². The summed E-state index contributed by atoms with van der Waals surface area (Å²) in [6, 6.07) is 9.98. The Morgan fingerprint density at radius 2 is 1.84 bits per heavy atom. The summed E-state index contributed by atoms with van der Waals surface area (Å²) >= 11 is 0. The maximum absolute atomic E-state index is 12.8. The molecular formula is C18H21NO5S. The highest BCUT2D eigenvalue weighted by atomic mass is 32.2. The smallest absolute Gasteiger partial charge is 0.241 e. The van der Waals surface area contributed by atoms with Crippen LogP contribution in [0.25, 0.3) is 0 Å². The third kappa shape index (κ3) is 3.57. The summed E-state index contributed by atoms with van der Waals surface area (Å²) < 4.78 is 44.4. The second-order valence-corrected chi connectivity index (χ2v) is 7.58. The monoisotopic (exact) mass is 363 g/mol. The summed E-state index contributed by atoms with van der Waals surface area (Å²) in [5, 5.41) is 0. The van der Waals surface area contributed by atoms with Gasteiger partial charge in [-0.2, -0.15) is 0 Å². The Morgan fingerprint density at radius 1 is 1.08 bits per heavy atom. The molecule has 3 rings (SSSR count). The summed E-state index contributed by atoms with van der Waals surface area (Å²) in [5.41, 5.74) is 1.91. The highest BCUT2D eigenvalue weighted by Crippen LogP contribution is 2.35. The molecule has 0 saturated heterocycles. The van der Waals surface area contributed by atoms with Crippen LogP contribution in [-0.2, 0) is 10.0 Å². The first-order valence-corrected chi connectivity index (χ1v) is 9.40. The van der Waals surface area contributed by atoms with Crippen LogP contribution < -0.4 is 18.9 Å². The van der Waals surface area contributed by atoms with Crippen molar-refractivity contribution in [1.82, 2.24) is 4.72 Å². The molecule has 2 aromatic rings. The number of hydrogen-bond donors (Lipinski definition) is 1. The van der Waals surface area contributed by atoms with E-state index in [2.05, 4.69) is 4.72 Å². The predicted octanol–water partition coefficient (Wildman–Crippen LogP) is 2.81. The van der Waals surface area contributed by atoms with E-state index < -0.39 is 10.0 Å². The molecule has 134 valence electrons. The molecule has 7 heteroatoms. The molecule has 0 aromatic heterocycles. The number of aryl methyl sites for hydroxylation is 1. The van der Waals surface area contributed by atoms with Crippen molar-refractivity contribution in [1.29, 1.82) is 0 Å². The third-order valence-electron chi connectivity index (χ3n) is 4.17. The van der Waals surface area contributed by atoms with Gasteiger partial charge < -0.3 is 14.2 Å². The van der Waals surface area contributed by atoms with Crippen molar-refractivity contribution < 1.29 is 22.6 Å². The number of ether oxygens (including phenoxy) is 3. The Balaban J connectivity index is 1.92. The topological polar surface area (TPSA) is 73.9 Å². The van der Waals surface area contributed by atoms with Crippen LogP contribution in [0, 0.1) is 6.92 Å². The fourth-order valence-corrected chi connectivity index (χ4v) is 4.14. The van der Waals surface area contributed by atoms with Gasteiger partial charge in [-0.3, -0.25) is 0 Å². The van der Waals surface area contributed by atoms with Gasteiger partial charge in [-0.1, -0.05) is 17.7 Å².